The number of carbonyl (C=O) groups excluding carboxylic acids is 1. The summed E-state index contributed by atoms with van der Waals surface area (Å²) in [6.45, 7) is 3.97. The number of esters is 1. The first-order chi connectivity index (χ1) is 7.71. The van der Waals surface area contributed by atoms with Crippen molar-refractivity contribution in [1.82, 2.24) is 0 Å². The van der Waals surface area contributed by atoms with Crippen LogP contribution in [0.3, 0.4) is 0 Å². The molecule has 0 aliphatic carbocycles. The highest BCUT2D eigenvalue weighted by Gasteiger charge is 2.18. The highest BCUT2D eigenvalue weighted by atomic mass is 16.6. The van der Waals surface area contributed by atoms with Crippen LogP contribution in [0.15, 0.2) is 24.3 Å². The van der Waals surface area contributed by atoms with Gasteiger partial charge in [-0.05, 0) is 30.5 Å². The van der Waals surface area contributed by atoms with Crippen molar-refractivity contribution in [3.05, 3.63) is 29.8 Å². The molecule has 3 nitrogen and oxygen atoms in total. The Morgan fingerprint density at radius 1 is 1.38 bits per heavy atom. The van der Waals surface area contributed by atoms with Crippen LogP contribution in [-0.2, 0) is 16.0 Å². The van der Waals surface area contributed by atoms with Crippen molar-refractivity contribution in [2.45, 2.75) is 32.8 Å². The second-order valence-corrected chi connectivity index (χ2v) is 3.54. The Balaban J connectivity index is 2.73. The third-order valence-corrected chi connectivity index (χ3v) is 2.42. The van der Waals surface area contributed by atoms with Crippen molar-refractivity contribution in [3.8, 4) is 5.75 Å². The molecule has 0 saturated heterocycles. The van der Waals surface area contributed by atoms with E-state index in [2.05, 4.69) is 11.7 Å². The van der Waals surface area contributed by atoms with Crippen LogP contribution in [-0.4, -0.2) is 19.2 Å². The van der Waals surface area contributed by atoms with Gasteiger partial charge in [0, 0.05) is 0 Å². The number of methoxy groups -OCH3 is 1. The van der Waals surface area contributed by atoms with Gasteiger partial charge in [0.1, 0.15) is 5.75 Å². The average molecular weight is 222 g/mol. The van der Waals surface area contributed by atoms with Gasteiger partial charge in [-0.15, -0.1) is 0 Å². The zero-order valence-corrected chi connectivity index (χ0v) is 10.0. The fourth-order valence-corrected chi connectivity index (χ4v) is 1.43. The molecule has 3 heteroatoms. The van der Waals surface area contributed by atoms with Gasteiger partial charge in [0.2, 0.25) is 0 Å². The van der Waals surface area contributed by atoms with Gasteiger partial charge in [-0.3, -0.25) is 0 Å². The Hall–Kier alpha value is -1.51. The minimum Gasteiger partial charge on any atom is -0.479 e. The van der Waals surface area contributed by atoms with Gasteiger partial charge in [-0.1, -0.05) is 26.0 Å². The molecule has 1 atom stereocenters. The van der Waals surface area contributed by atoms with Crippen molar-refractivity contribution in [3.63, 3.8) is 0 Å². The molecule has 0 fully saturated rings. The van der Waals surface area contributed by atoms with Gasteiger partial charge in [0.05, 0.1) is 7.11 Å². The third kappa shape index (κ3) is 3.26. The molecule has 1 aromatic carbocycles. The lowest BCUT2D eigenvalue weighted by Gasteiger charge is -2.15. The Morgan fingerprint density at radius 2 is 2.12 bits per heavy atom. The molecule has 0 saturated carbocycles. The van der Waals surface area contributed by atoms with E-state index >= 15 is 0 Å². The summed E-state index contributed by atoms with van der Waals surface area (Å²) in [5, 5.41) is 0. The van der Waals surface area contributed by atoms with Crippen LogP contribution in [0.25, 0.3) is 0 Å². The number of carbonyl (C=O) groups is 1. The molecule has 0 aromatic heterocycles. The normalized spacial score (nSPS) is 11.9. The Bertz CT molecular complexity index is 347. The number of hydrogen-bond acceptors (Lipinski definition) is 3. The molecule has 0 bridgehead atoms. The van der Waals surface area contributed by atoms with E-state index < -0.39 is 6.10 Å². The predicted octanol–water partition coefficient (Wildman–Crippen LogP) is 2.58. The SMILES string of the molecule is CCc1cccc(O[C@H](CC)C(=O)OC)c1. The fraction of sp³-hybridized carbons (Fsp3) is 0.462. The largest absolute Gasteiger partial charge is 0.479 e. The van der Waals surface area contributed by atoms with Crippen LogP contribution in [0, 0.1) is 0 Å². The molecule has 16 heavy (non-hydrogen) atoms. The fourth-order valence-electron chi connectivity index (χ4n) is 1.43. The topological polar surface area (TPSA) is 35.5 Å². The number of ether oxygens (including phenoxy) is 2. The van der Waals surface area contributed by atoms with Gasteiger partial charge in [0.15, 0.2) is 6.10 Å². The third-order valence-electron chi connectivity index (χ3n) is 2.42. The van der Waals surface area contributed by atoms with Crippen molar-refractivity contribution in [1.29, 1.82) is 0 Å². The Labute approximate surface area is 96.4 Å². The molecule has 0 heterocycles. The maximum absolute atomic E-state index is 11.4. The number of benzene rings is 1. The molecular weight excluding hydrogens is 204 g/mol. The lowest BCUT2D eigenvalue weighted by atomic mass is 10.1. The van der Waals surface area contributed by atoms with E-state index in [1.807, 2.05) is 31.2 Å². The second kappa shape index (κ2) is 6.16. The van der Waals surface area contributed by atoms with E-state index in [-0.39, 0.29) is 5.97 Å². The average Bonchev–Trinajstić information content (AvgIpc) is 2.35. The summed E-state index contributed by atoms with van der Waals surface area (Å²) < 4.78 is 10.3. The van der Waals surface area contributed by atoms with E-state index in [0.29, 0.717) is 6.42 Å². The quantitative estimate of drug-likeness (QED) is 0.718. The Kier molecular flexibility index (Phi) is 4.83. The molecule has 0 spiro atoms. The lowest BCUT2D eigenvalue weighted by Crippen LogP contribution is -2.27. The molecule has 0 N–H and O–H groups in total. The first-order valence-electron chi connectivity index (χ1n) is 5.54. The summed E-state index contributed by atoms with van der Waals surface area (Å²) in [6.07, 6.45) is 1.03. The monoisotopic (exact) mass is 222 g/mol. The standard InChI is InChI=1S/C13H18O3/c1-4-10-7-6-8-11(9-10)16-12(5-2)13(14)15-3/h6-9,12H,4-5H2,1-3H3/t12-/m1/s1. The number of hydrogen-bond donors (Lipinski definition) is 0. The summed E-state index contributed by atoms with van der Waals surface area (Å²) in [7, 11) is 1.37. The minimum atomic E-state index is -0.517. The molecule has 1 rings (SSSR count). The summed E-state index contributed by atoms with van der Waals surface area (Å²) >= 11 is 0. The zero-order valence-electron chi connectivity index (χ0n) is 10.0. The number of aryl methyl sites for hydroxylation is 1. The van der Waals surface area contributed by atoms with E-state index in [4.69, 9.17) is 4.74 Å². The van der Waals surface area contributed by atoms with E-state index in [0.717, 1.165) is 12.2 Å². The maximum Gasteiger partial charge on any atom is 0.347 e. The van der Waals surface area contributed by atoms with Crippen LogP contribution in [0.2, 0.25) is 0 Å². The van der Waals surface area contributed by atoms with Crippen molar-refractivity contribution >= 4 is 5.97 Å². The van der Waals surface area contributed by atoms with Crippen LogP contribution >= 0.6 is 0 Å². The minimum absolute atomic E-state index is 0.329. The maximum atomic E-state index is 11.4. The molecule has 0 amide bonds. The van der Waals surface area contributed by atoms with E-state index in [9.17, 15) is 4.79 Å². The molecule has 0 aliphatic heterocycles. The second-order valence-electron chi connectivity index (χ2n) is 3.54. The lowest BCUT2D eigenvalue weighted by molar-refractivity contribution is -0.148. The van der Waals surface area contributed by atoms with E-state index in [1.165, 1.54) is 12.7 Å². The molecule has 88 valence electrons. The number of rotatable bonds is 5. The van der Waals surface area contributed by atoms with Crippen LogP contribution in [0.5, 0.6) is 5.75 Å². The highest BCUT2D eigenvalue weighted by molar-refractivity contribution is 5.74. The van der Waals surface area contributed by atoms with Crippen molar-refractivity contribution in [2.75, 3.05) is 7.11 Å². The molecule has 0 unspecified atom stereocenters. The van der Waals surface area contributed by atoms with Crippen molar-refractivity contribution < 1.29 is 14.3 Å². The van der Waals surface area contributed by atoms with Crippen LogP contribution in [0.4, 0.5) is 0 Å². The van der Waals surface area contributed by atoms with Crippen LogP contribution < -0.4 is 4.74 Å². The summed E-state index contributed by atoms with van der Waals surface area (Å²) in [4.78, 5) is 11.4. The van der Waals surface area contributed by atoms with Crippen LogP contribution in [0.1, 0.15) is 25.8 Å². The van der Waals surface area contributed by atoms with Gasteiger partial charge in [-0.2, -0.15) is 0 Å². The van der Waals surface area contributed by atoms with E-state index in [1.54, 1.807) is 0 Å². The molecule has 0 aliphatic rings. The molecular formula is C13H18O3. The summed E-state index contributed by atoms with van der Waals surface area (Å²) in [5.74, 6) is 0.390. The van der Waals surface area contributed by atoms with Gasteiger partial charge in [-0.25, -0.2) is 4.79 Å². The Morgan fingerprint density at radius 3 is 2.69 bits per heavy atom. The smallest absolute Gasteiger partial charge is 0.347 e. The van der Waals surface area contributed by atoms with Gasteiger partial charge >= 0.3 is 5.97 Å². The summed E-state index contributed by atoms with van der Waals surface area (Å²) in [6, 6.07) is 7.76. The highest BCUT2D eigenvalue weighted by Crippen LogP contribution is 2.16. The van der Waals surface area contributed by atoms with Gasteiger partial charge in [0.25, 0.3) is 0 Å². The molecule has 1 aromatic rings. The predicted molar refractivity (Wildman–Crippen MR) is 62.5 cm³/mol. The first kappa shape index (κ1) is 12.6. The first-order valence-corrected chi connectivity index (χ1v) is 5.54. The zero-order chi connectivity index (χ0) is 12.0. The van der Waals surface area contributed by atoms with Crippen molar-refractivity contribution in [2.24, 2.45) is 0 Å². The molecule has 0 radical (unpaired) electrons. The summed E-state index contributed by atoms with van der Waals surface area (Å²) in [5.41, 5.74) is 1.19. The van der Waals surface area contributed by atoms with Gasteiger partial charge < -0.3 is 9.47 Å².